The van der Waals surface area contributed by atoms with Crippen molar-refractivity contribution in [1.29, 1.82) is 0 Å². The lowest BCUT2D eigenvalue weighted by atomic mass is 9.97. The van der Waals surface area contributed by atoms with Gasteiger partial charge in [-0.25, -0.2) is 9.86 Å². The van der Waals surface area contributed by atoms with Gasteiger partial charge in [0.05, 0.1) is 0 Å². The molecular weight excluding hydrogens is 266 g/mol. The Balaban J connectivity index is 2.55. The van der Waals surface area contributed by atoms with Gasteiger partial charge in [0.1, 0.15) is 0 Å². The molecule has 1 amide bonds. The zero-order valence-electron chi connectivity index (χ0n) is 11.6. The van der Waals surface area contributed by atoms with E-state index in [-0.39, 0.29) is 11.8 Å². The summed E-state index contributed by atoms with van der Waals surface area (Å²) in [6.07, 6.45) is 4.54. The summed E-state index contributed by atoms with van der Waals surface area (Å²) < 4.78 is 24.0. The molecule has 0 aromatic carbocycles. The first kappa shape index (κ1) is 16.1. The Morgan fingerprint density at radius 3 is 2.79 bits per heavy atom. The molecule has 1 aliphatic heterocycles. The minimum absolute atomic E-state index is 0.0437. The quantitative estimate of drug-likeness (QED) is 0.716. The van der Waals surface area contributed by atoms with E-state index in [0.29, 0.717) is 13.1 Å². The van der Waals surface area contributed by atoms with E-state index in [0.717, 1.165) is 31.4 Å². The van der Waals surface area contributed by atoms with Crippen molar-refractivity contribution in [3.63, 3.8) is 0 Å². The minimum atomic E-state index is -3.65. The average molecular weight is 289 g/mol. The van der Waals surface area contributed by atoms with Gasteiger partial charge in [-0.05, 0) is 32.1 Å². The Morgan fingerprint density at radius 1 is 1.53 bits per heavy atom. The molecule has 0 radical (unpaired) electrons. The van der Waals surface area contributed by atoms with Gasteiger partial charge in [-0.3, -0.25) is 4.79 Å². The van der Waals surface area contributed by atoms with Crippen LogP contribution in [0.25, 0.3) is 0 Å². The molecule has 110 valence electrons. The number of nitrogens with one attached hydrogen (secondary N) is 1. The van der Waals surface area contributed by atoms with Crippen LogP contribution in [-0.4, -0.2) is 38.9 Å². The number of hydrogen-bond acceptors (Lipinski definition) is 3. The largest absolute Gasteiger partial charge is 0.339 e. The third-order valence-electron chi connectivity index (χ3n) is 3.23. The van der Waals surface area contributed by atoms with Gasteiger partial charge in [-0.15, -0.1) is 0 Å². The van der Waals surface area contributed by atoms with Crippen LogP contribution in [0.15, 0.2) is 11.6 Å². The predicted octanol–water partition coefficient (Wildman–Crippen LogP) is 0.374. The minimum Gasteiger partial charge on any atom is -0.339 e. The fourth-order valence-electron chi connectivity index (χ4n) is 2.29. The van der Waals surface area contributed by atoms with Crippen LogP contribution < -0.4 is 9.86 Å². The summed E-state index contributed by atoms with van der Waals surface area (Å²) in [6, 6.07) is 0. The predicted molar refractivity (Wildman–Crippen MR) is 74.5 cm³/mol. The number of hydrogen-bond donors (Lipinski definition) is 2. The van der Waals surface area contributed by atoms with E-state index in [4.69, 9.17) is 5.14 Å². The number of carbonyl (C=O) groups excluding carboxylic acids is 1. The Kier molecular flexibility index (Phi) is 5.96. The van der Waals surface area contributed by atoms with Gasteiger partial charge in [0, 0.05) is 25.2 Å². The van der Waals surface area contributed by atoms with Crippen molar-refractivity contribution in [2.75, 3.05) is 19.6 Å². The molecule has 6 nitrogen and oxygen atoms in total. The topological polar surface area (TPSA) is 92.5 Å². The molecule has 3 N–H and O–H groups in total. The van der Waals surface area contributed by atoms with E-state index in [1.165, 1.54) is 0 Å². The van der Waals surface area contributed by atoms with Gasteiger partial charge in [0.25, 0.3) is 10.2 Å². The van der Waals surface area contributed by atoms with Crippen molar-refractivity contribution in [3.8, 4) is 0 Å². The Morgan fingerprint density at radius 2 is 2.21 bits per heavy atom. The fourth-order valence-corrected chi connectivity index (χ4v) is 2.76. The number of likely N-dealkylation sites (tertiary alicyclic amines) is 1. The molecule has 0 aromatic heterocycles. The standard InChI is InChI=1S/C12H23N3O3S/c1-3-5-10(2)12(16)15-7-4-6-11(9-15)8-14-19(13,17)18/h5,11,14H,3-4,6-9H2,1-2H3,(H2,13,17,18)/b10-5-. The summed E-state index contributed by atoms with van der Waals surface area (Å²) in [5.74, 6) is 0.174. The van der Waals surface area contributed by atoms with Gasteiger partial charge in [0.2, 0.25) is 5.91 Å². The summed E-state index contributed by atoms with van der Waals surface area (Å²) in [5.41, 5.74) is 0.752. The molecule has 1 atom stereocenters. The molecular formula is C12H23N3O3S. The lowest BCUT2D eigenvalue weighted by Crippen LogP contribution is -2.44. The molecule has 1 heterocycles. The highest BCUT2D eigenvalue weighted by molar-refractivity contribution is 7.87. The maximum Gasteiger partial charge on any atom is 0.274 e. The van der Waals surface area contributed by atoms with Crippen LogP contribution in [0.2, 0.25) is 0 Å². The van der Waals surface area contributed by atoms with E-state index in [2.05, 4.69) is 4.72 Å². The van der Waals surface area contributed by atoms with E-state index in [9.17, 15) is 13.2 Å². The maximum atomic E-state index is 12.1. The van der Waals surface area contributed by atoms with Crippen molar-refractivity contribution in [3.05, 3.63) is 11.6 Å². The summed E-state index contributed by atoms with van der Waals surface area (Å²) in [6.45, 7) is 5.42. The first-order valence-corrected chi connectivity index (χ1v) is 8.11. The Hall–Kier alpha value is -0.920. The summed E-state index contributed by atoms with van der Waals surface area (Å²) in [4.78, 5) is 13.9. The van der Waals surface area contributed by atoms with Crippen LogP contribution in [0, 0.1) is 5.92 Å². The van der Waals surface area contributed by atoms with Crippen LogP contribution in [0.3, 0.4) is 0 Å². The fraction of sp³-hybridized carbons (Fsp3) is 0.750. The molecule has 1 unspecified atom stereocenters. The Bertz CT molecular complexity index is 445. The van der Waals surface area contributed by atoms with Crippen LogP contribution in [0.4, 0.5) is 0 Å². The number of allylic oxidation sites excluding steroid dienone is 1. The lowest BCUT2D eigenvalue weighted by molar-refractivity contribution is -0.128. The zero-order chi connectivity index (χ0) is 14.5. The van der Waals surface area contributed by atoms with Crippen LogP contribution in [0.5, 0.6) is 0 Å². The molecule has 7 heteroatoms. The normalized spacial score (nSPS) is 21.5. The van der Waals surface area contributed by atoms with E-state index in [1.54, 1.807) is 4.90 Å². The van der Waals surface area contributed by atoms with Gasteiger partial charge >= 0.3 is 0 Å². The van der Waals surface area contributed by atoms with Crippen LogP contribution in [-0.2, 0) is 15.0 Å². The third kappa shape index (κ3) is 5.71. The second kappa shape index (κ2) is 7.02. The van der Waals surface area contributed by atoms with Crippen molar-refractivity contribution in [2.24, 2.45) is 11.1 Å². The molecule has 0 bridgehead atoms. The van der Waals surface area contributed by atoms with E-state index < -0.39 is 10.2 Å². The average Bonchev–Trinajstić information content (AvgIpc) is 2.35. The zero-order valence-corrected chi connectivity index (χ0v) is 12.4. The molecule has 1 rings (SSSR count). The van der Waals surface area contributed by atoms with Crippen molar-refractivity contribution in [2.45, 2.75) is 33.1 Å². The molecule has 0 spiro atoms. The second-order valence-electron chi connectivity index (χ2n) is 4.95. The molecule has 1 aliphatic rings. The van der Waals surface area contributed by atoms with E-state index in [1.807, 2.05) is 19.9 Å². The number of piperidine rings is 1. The number of rotatable bonds is 5. The monoisotopic (exact) mass is 289 g/mol. The van der Waals surface area contributed by atoms with Gasteiger partial charge in [-0.2, -0.15) is 8.42 Å². The van der Waals surface area contributed by atoms with Crippen LogP contribution in [0.1, 0.15) is 33.1 Å². The van der Waals surface area contributed by atoms with Crippen molar-refractivity contribution < 1.29 is 13.2 Å². The lowest BCUT2D eigenvalue weighted by Gasteiger charge is -2.33. The molecule has 0 saturated carbocycles. The summed E-state index contributed by atoms with van der Waals surface area (Å²) in [7, 11) is -3.65. The highest BCUT2D eigenvalue weighted by Crippen LogP contribution is 2.17. The molecule has 0 aliphatic carbocycles. The van der Waals surface area contributed by atoms with Crippen LogP contribution >= 0.6 is 0 Å². The SMILES string of the molecule is CC/C=C(/C)C(=O)N1CCCC(CNS(N)(=O)=O)C1. The second-order valence-corrected chi connectivity index (χ2v) is 6.33. The van der Waals surface area contributed by atoms with Gasteiger partial charge in [0.15, 0.2) is 0 Å². The third-order valence-corrected chi connectivity index (χ3v) is 3.80. The molecule has 1 saturated heterocycles. The first-order chi connectivity index (χ1) is 8.83. The van der Waals surface area contributed by atoms with Crippen molar-refractivity contribution in [1.82, 2.24) is 9.62 Å². The molecule has 1 fully saturated rings. The maximum absolute atomic E-state index is 12.1. The van der Waals surface area contributed by atoms with Gasteiger partial charge in [-0.1, -0.05) is 13.0 Å². The number of carbonyl (C=O) groups is 1. The molecule has 0 aromatic rings. The highest BCUT2D eigenvalue weighted by Gasteiger charge is 2.24. The summed E-state index contributed by atoms with van der Waals surface area (Å²) >= 11 is 0. The number of nitrogens with two attached hydrogens (primary N) is 1. The number of nitrogens with zero attached hydrogens (tertiary/aromatic N) is 1. The van der Waals surface area contributed by atoms with E-state index >= 15 is 0 Å². The van der Waals surface area contributed by atoms with Gasteiger partial charge < -0.3 is 4.90 Å². The highest BCUT2D eigenvalue weighted by atomic mass is 32.2. The Labute approximate surface area is 115 Å². The smallest absolute Gasteiger partial charge is 0.274 e. The summed E-state index contributed by atoms with van der Waals surface area (Å²) in [5, 5.41) is 4.91. The molecule has 19 heavy (non-hydrogen) atoms. The first-order valence-electron chi connectivity index (χ1n) is 6.57. The van der Waals surface area contributed by atoms with Crippen molar-refractivity contribution >= 4 is 16.1 Å². The number of amides is 1.